The fourth-order valence-electron chi connectivity index (χ4n) is 2.40. The molecular formula is C14H15NOS. The summed E-state index contributed by atoms with van der Waals surface area (Å²) in [5, 5.41) is 4.36. The minimum atomic E-state index is 0.218. The highest BCUT2D eigenvalue weighted by Gasteiger charge is 2.20. The molecule has 0 unspecified atom stereocenters. The molecule has 1 fully saturated rings. The van der Waals surface area contributed by atoms with Gasteiger partial charge in [0.25, 0.3) is 5.91 Å². The Kier molecular flexibility index (Phi) is 2.85. The van der Waals surface area contributed by atoms with E-state index in [2.05, 4.69) is 11.4 Å². The number of thiophene rings is 1. The number of amides is 1. The van der Waals surface area contributed by atoms with Crippen LogP contribution in [0.5, 0.6) is 0 Å². The molecule has 0 atom stereocenters. The van der Waals surface area contributed by atoms with Gasteiger partial charge in [-0.1, -0.05) is 24.3 Å². The molecule has 3 rings (SSSR count). The summed E-state index contributed by atoms with van der Waals surface area (Å²) in [4.78, 5) is 15.3. The van der Waals surface area contributed by atoms with Crippen molar-refractivity contribution in [3.8, 4) is 0 Å². The van der Waals surface area contributed by atoms with Crippen LogP contribution in [-0.4, -0.2) is 23.9 Å². The molecule has 2 aromatic rings. The van der Waals surface area contributed by atoms with Gasteiger partial charge in [-0.2, -0.15) is 0 Å². The van der Waals surface area contributed by atoms with E-state index in [9.17, 15) is 4.79 Å². The van der Waals surface area contributed by atoms with Gasteiger partial charge in [0.15, 0.2) is 0 Å². The number of nitrogens with zero attached hydrogens (tertiary/aromatic N) is 1. The predicted molar refractivity (Wildman–Crippen MR) is 71.6 cm³/mol. The normalized spacial score (nSPS) is 16.4. The third kappa shape index (κ3) is 1.95. The lowest BCUT2D eigenvalue weighted by Gasteiger charge is -2.26. The van der Waals surface area contributed by atoms with Crippen LogP contribution in [0, 0.1) is 0 Å². The lowest BCUT2D eigenvalue weighted by atomic mass is 10.1. The molecule has 0 saturated carbocycles. The van der Waals surface area contributed by atoms with E-state index >= 15 is 0 Å². The number of benzene rings is 1. The number of hydrogen-bond acceptors (Lipinski definition) is 2. The van der Waals surface area contributed by atoms with Crippen molar-refractivity contribution < 1.29 is 4.79 Å². The van der Waals surface area contributed by atoms with E-state index in [0.717, 1.165) is 36.2 Å². The quantitative estimate of drug-likeness (QED) is 0.752. The van der Waals surface area contributed by atoms with E-state index in [-0.39, 0.29) is 5.91 Å². The summed E-state index contributed by atoms with van der Waals surface area (Å²) >= 11 is 1.57. The van der Waals surface area contributed by atoms with Crippen LogP contribution in [0.2, 0.25) is 0 Å². The zero-order chi connectivity index (χ0) is 11.7. The summed E-state index contributed by atoms with van der Waals surface area (Å²) < 4.78 is 0. The molecular weight excluding hydrogens is 230 g/mol. The van der Waals surface area contributed by atoms with Gasteiger partial charge in [0, 0.05) is 18.5 Å². The molecule has 1 aliphatic heterocycles. The van der Waals surface area contributed by atoms with E-state index in [1.807, 2.05) is 23.1 Å². The highest BCUT2D eigenvalue weighted by Crippen LogP contribution is 2.27. The lowest BCUT2D eigenvalue weighted by Crippen LogP contribution is -2.35. The molecule has 88 valence electrons. The summed E-state index contributed by atoms with van der Waals surface area (Å²) in [6, 6.07) is 8.13. The third-order valence-electron chi connectivity index (χ3n) is 3.35. The Labute approximate surface area is 105 Å². The average Bonchev–Trinajstić information content (AvgIpc) is 2.83. The van der Waals surface area contributed by atoms with Gasteiger partial charge in [-0.15, -0.1) is 11.3 Å². The standard InChI is InChI=1S/C14H15NOS/c16-14(15-8-4-1-5-9-15)13-12-7-3-2-6-11(12)10-17-13/h2-3,6-7,10H,1,4-5,8-9H2. The van der Waals surface area contributed by atoms with E-state index < -0.39 is 0 Å². The largest absolute Gasteiger partial charge is 0.338 e. The van der Waals surface area contributed by atoms with Gasteiger partial charge in [0.05, 0.1) is 4.88 Å². The van der Waals surface area contributed by atoms with E-state index in [1.54, 1.807) is 11.3 Å². The first-order valence-corrected chi connectivity index (χ1v) is 7.00. The maximum absolute atomic E-state index is 12.4. The SMILES string of the molecule is O=C(c1scc2ccccc12)N1CCCCC1. The van der Waals surface area contributed by atoms with Crippen LogP contribution in [-0.2, 0) is 0 Å². The van der Waals surface area contributed by atoms with E-state index in [0.29, 0.717) is 0 Å². The highest BCUT2D eigenvalue weighted by molar-refractivity contribution is 7.13. The Balaban J connectivity index is 1.95. The van der Waals surface area contributed by atoms with E-state index in [1.165, 1.54) is 11.8 Å². The first-order valence-electron chi connectivity index (χ1n) is 6.12. The number of rotatable bonds is 1. The number of hydrogen-bond donors (Lipinski definition) is 0. The molecule has 2 nitrogen and oxygen atoms in total. The lowest BCUT2D eigenvalue weighted by molar-refractivity contribution is 0.0731. The maximum atomic E-state index is 12.4. The molecule has 17 heavy (non-hydrogen) atoms. The summed E-state index contributed by atoms with van der Waals surface area (Å²) in [6.45, 7) is 1.84. The molecule has 0 bridgehead atoms. The summed E-state index contributed by atoms with van der Waals surface area (Å²) in [7, 11) is 0. The Bertz CT molecular complexity index is 540. The van der Waals surface area contributed by atoms with E-state index in [4.69, 9.17) is 0 Å². The highest BCUT2D eigenvalue weighted by atomic mass is 32.1. The first kappa shape index (κ1) is 10.8. The molecule has 1 aromatic carbocycles. The molecule has 0 spiro atoms. The van der Waals surface area contributed by atoms with Gasteiger partial charge in [0.2, 0.25) is 0 Å². The number of carbonyl (C=O) groups is 1. The number of piperidine rings is 1. The Hall–Kier alpha value is -1.35. The monoisotopic (exact) mass is 245 g/mol. The Morgan fingerprint density at radius 2 is 1.88 bits per heavy atom. The van der Waals surface area contributed by atoms with Gasteiger partial charge in [-0.25, -0.2) is 0 Å². The van der Waals surface area contributed by atoms with Gasteiger partial charge >= 0.3 is 0 Å². The second-order valence-electron chi connectivity index (χ2n) is 4.50. The molecule has 1 amide bonds. The molecule has 3 heteroatoms. The van der Waals surface area contributed by atoms with Crippen molar-refractivity contribution in [2.75, 3.05) is 13.1 Å². The topological polar surface area (TPSA) is 20.3 Å². The van der Waals surface area contributed by atoms with Crippen LogP contribution in [0.15, 0.2) is 29.6 Å². The minimum absolute atomic E-state index is 0.218. The van der Waals surface area contributed by atoms with Gasteiger partial charge in [-0.05, 0) is 30.0 Å². The van der Waals surface area contributed by atoms with Crippen molar-refractivity contribution in [2.45, 2.75) is 19.3 Å². The Morgan fingerprint density at radius 1 is 1.12 bits per heavy atom. The zero-order valence-corrected chi connectivity index (χ0v) is 10.5. The van der Waals surface area contributed by atoms with Crippen LogP contribution >= 0.6 is 11.3 Å². The van der Waals surface area contributed by atoms with Crippen molar-refractivity contribution in [3.63, 3.8) is 0 Å². The second kappa shape index (κ2) is 4.49. The van der Waals surface area contributed by atoms with Crippen LogP contribution < -0.4 is 0 Å². The van der Waals surface area contributed by atoms with Crippen molar-refractivity contribution >= 4 is 28.0 Å². The first-order chi connectivity index (χ1) is 8.36. The maximum Gasteiger partial charge on any atom is 0.264 e. The molecule has 0 N–H and O–H groups in total. The average molecular weight is 245 g/mol. The minimum Gasteiger partial charge on any atom is -0.338 e. The predicted octanol–water partition coefficient (Wildman–Crippen LogP) is 3.53. The van der Waals surface area contributed by atoms with Gasteiger partial charge < -0.3 is 4.90 Å². The summed E-state index contributed by atoms with van der Waals surface area (Å²) in [5.74, 6) is 0.218. The number of carbonyl (C=O) groups excluding carboxylic acids is 1. The van der Waals surface area contributed by atoms with Crippen LogP contribution in [0.3, 0.4) is 0 Å². The molecule has 1 aromatic heterocycles. The molecule has 2 heterocycles. The second-order valence-corrected chi connectivity index (χ2v) is 5.38. The Morgan fingerprint density at radius 3 is 2.71 bits per heavy atom. The molecule has 1 aliphatic rings. The van der Waals surface area contributed by atoms with Crippen LogP contribution in [0.4, 0.5) is 0 Å². The third-order valence-corrected chi connectivity index (χ3v) is 4.35. The summed E-state index contributed by atoms with van der Waals surface area (Å²) in [6.07, 6.45) is 3.55. The van der Waals surface area contributed by atoms with Crippen LogP contribution in [0.1, 0.15) is 28.9 Å². The number of fused-ring (bicyclic) bond motifs is 1. The van der Waals surface area contributed by atoms with Crippen molar-refractivity contribution in [1.82, 2.24) is 4.90 Å². The van der Waals surface area contributed by atoms with Gasteiger partial charge in [0.1, 0.15) is 0 Å². The zero-order valence-electron chi connectivity index (χ0n) is 9.69. The fourth-order valence-corrected chi connectivity index (χ4v) is 3.39. The fraction of sp³-hybridized carbons (Fsp3) is 0.357. The smallest absolute Gasteiger partial charge is 0.264 e. The number of likely N-dealkylation sites (tertiary alicyclic amines) is 1. The van der Waals surface area contributed by atoms with Crippen molar-refractivity contribution in [1.29, 1.82) is 0 Å². The van der Waals surface area contributed by atoms with Crippen molar-refractivity contribution in [3.05, 3.63) is 34.5 Å². The molecule has 0 aliphatic carbocycles. The van der Waals surface area contributed by atoms with Gasteiger partial charge in [-0.3, -0.25) is 4.79 Å². The summed E-state index contributed by atoms with van der Waals surface area (Å²) in [5.41, 5.74) is 0. The molecule has 1 saturated heterocycles. The molecule has 0 radical (unpaired) electrons. The van der Waals surface area contributed by atoms with Crippen LogP contribution in [0.25, 0.3) is 10.8 Å². The van der Waals surface area contributed by atoms with Crippen molar-refractivity contribution in [2.24, 2.45) is 0 Å².